The second-order valence-electron chi connectivity index (χ2n) is 5.18. The van der Waals surface area contributed by atoms with E-state index in [1.54, 1.807) is 7.11 Å². The van der Waals surface area contributed by atoms with Crippen LogP contribution in [0.4, 0.5) is 11.6 Å². The fourth-order valence-corrected chi connectivity index (χ4v) is 2.45. The van der Waals surface area contributed by atoms with Crippen LogP contribution in [0, 0.1) is 5.92 Å². The zero-order chi connectivity index (χ0) is 13.1. The number of nitrogens with zero attached hydrogens (tertiary/aromatic N) is 3. The number of hydrogen-bond acceptors (Lipinski definition) is 5. The predicted octanol–water partition coefficient (Wildman–Crippen LogP) is 1.83. The van der Waals surface area contributed by atoms with E-state index in [4.69, 9.17) is 10.5 Å². The summed E-state index contributed by atoms with van der Waals surface area (Å²) in [6.45, 7) is 5.94. The molecule has 100 valence electrons. The number of piperidine rings is 1. The zero-order valence-electron chi connectivity index (χ0n) is 11.4. The first kappa shape index (κ1) is 13.1. The molecule has 0 spiro atoms. The third kappa shape index (κ3) is 2.90. The summed E-state index contributed by atoms with van der Waals surface area (Å²) in [7, 11) is 1.64. The van der Waals surface area contributed by atoms with E-state index < -0.39 is 0 Å². The molecule has 0 radical (unpaired) electrons. The van der Waals surface area contributed by atoms with Gasteiger partial charge in [-0.1, -0.05) is 6.92 Å². The molecule has 1 aromatic heterocycles. The largest absolute Gasteiger partial charge is 0.384 e. The molecule has 2 heterocycles. The van der Waals surface area contributed by atoms with Crippen LogP contribution in [0.2, 0.25) is 0 Å². The van der Waals surface area contributed by atoms with E-state index in [9.17, 15) is 0 Å². The Balaban J connectivity index is 2.25. The van der Waals surface area contributed by atoms with Gasteiger partial charge in [0, 0.05) is 25.8 Å². The number of nitrogens with two attached hydrogens (primary N) is 1. The lowest BCUT2D eigenvalue weighted by atomic mass is 9.95. The van der Waals surface area contributed by atoms with Gasteiger partial charge < -0.3 is 15.4 Å². The van der Waals surface area contributed by atoms with Gasteiger partial charge >= 0.3 is 0 Å². The molecule has 5 heteroatoms. The van der Waals surface area contributed by atoms with Crippen LogP contribution in [-0.4, -0.2) is 29.7 Å². The van der Waals surface area contributed by atoms with Gasteiger partial charge in [-0.3, -0.25) is 0 Å². The van der Waals surface area contributed by atoms with Crippen molar-refractivity contribution in [2.24, 2.45) is 5.92 Å². The van der Waals surface area contributed by atoms with E-state index in [0.717, 1.165) is 12.4 Å². The quantitative estimate of drug-likeness (QED) is 0.886. The standard InChI is InChI=1S/C13H22N4O/c1-9-4-5-10(2)17(7-9)13-6-11(14)15-12(16-13)8-18-3/h6,9-10H,4-5,7-8H2,1-3H3,(H2,14,15,16). The second-order valence-corrected chi connectivity index (χ2v) is 5.18. The number of hydrogen-bond donors (Lipinski definition) is 1. The molecule has 0 amide bonds. The minimum atomic E-state index is 0.399. The smallest absolute Gasteiger partial charge is 0.158 e. The fraction of sp³-hybridized carbons (Fsp3) is 0.692. The van der Waals surface area contributed by atoms with E-state index in [0.29, 0.717) is 30.2 Å². The Hall–Kier alpha value is -1.36. The van der Waals surface area contributed by atoms with Gasteiger partial charge in [-0.2, -0.15) is 0 Å². The number of ether oxygens (including phenoxy) is 1. The van der Waals surface area contributed by atoms with Gasteiger partial charge in [0.1, 0.15) is 18.2 Å². The van der Waals surface area contributed by atoms with E-state index in [1.165, 1.54) is 12.8 Å². The van der Waals surface area contributed by atoms with Crippen molar-refractivity contribution in [3.8, 4) is 0 Å². The Morgan fingerprint density at radius 3 is 2.89 bits per heavy atom. The lowest BCUT2D eigenvalue weighted by Gasteiger charge is -2.37. The van der Waals surface area contributed by atoms with E-state index in [-0.39, 0.29) is 0 Å². The van der Waals surface area contributed by atoms with Gasteiger partial charge in [0.05, 0.1) is 0 Å². The molecule has 2 rings (SSSR count). The lowest BCUT2D eigenvalue weighted by molar-refractivity contribution is 0.178. The molecule has 0 aliphatic carbocycles. The summed E-state index contributed by atoms with van der Waals surface area (Å²) < 4.78 is 5.07. The summed E-state index contributed by atoms with van der Waals surface area (Å²) in [6.07, 6.45) is 2.48. The summed E-state index contributed by atoms with van der Waals surface area (Å²) in [5, 5.41) is 0. The molecule has 1 aromatic rings. The lowest BCUT2D eigenvalue weighted by Crippen LogP contribution is -2.41. The maximum Gasteiger partial charge on any atom is 0.158 e. The highest BCUT2D eigenvalue weighted by molar-refractivity contribution is 5.48. The third-order valence-electron chi connectivity index (χ3n) is 3.46. The summed E-state index contributed by atoms with van der Waals surface area (Å²) >= 11 is 0. The number of nitrogen functional groups attached to an aromatic ring is 1. The van der Waals surface area contributed by atoms with Crippen LogP contribution >= 0.6 is 0 Å². The first-order chi connectivity index (χ1) is 8.60. The van der Waals surface area contributed by atoms with Crippen LogP contribution in [0.25, 0.3) is 0 Å². The molecular weight excluding hydrogens is 228 g/mol. The van der Waals surface area contributed by atoms with Gasteiger partial charge in [0.25, 0.3) is 0 Å². The van der Waals surface area contributed by atoms with E-state index >= 15 is 0 Å². The summed E-state index contributed by atoms with van der Waals surface area (Å²) in [4.78, 5) is 11.0. The SMILES string of the molecule is COCc1nc(N)cc(N2CC(C)CCC2C)n1. The molecule has 1 saturated heterocycles. The summed E-state index contributed by atoms with van der Waals surface area (Å²) in [5.41, 5.74) is 5.84. The molecule has 2 atom stereocenters. The number of anilines is 2. The van der Waals surface area contributed by atoms with Crippen LogP contribution in [0.3, 0.4) is 0 Å². The number of aromatic nitrogens is 2. The fourth-order valence-electron chi connectivity index (χ4n) is 2.45. The summed E-state index contributed by atoms with van der Waals surface area (Å²) in [6, 6.07) is 2.36. The highest BCUT2D eigenvalue weighted by atomic mass is 16.5. The molecule has 2 N–H and O–H groups in total. The Bertz CT molecular complexity index is 410. The minimum Gasteiger partial charge on any atom is -0.384 e. The Morgan fingerprint density at radius 2 is 2.17 bits per heavy atom. The van der Waals surface area contributed by atoms with E-state index in [2.05, 4.69) is 28.7 Å². The molecule has 5 nitrogen and oxygen atoms in total. The first-order valence-electron chi connectivity index (χ1n) is 6.49. The second kappa shape index (κ2) is 5.52. The van der Waals surface area contributed by atoms with Crippen molar-refractivity contribution >= 4 is 11.6 Å². The molecule has 18 heavy (non-hydrogen) atoms. The van der Waals surface area contributed by atoms with Crippen LogP contribution in [-0.2, 0) is 11.3 Å². The topological polar surface area (TPSA) is 64.3 Å². The molecule has 1 aliphatic heterocycles. The number of rotatable bonds is 3. The van der Waals surface area contributed by atoms with Gasteiger partial charge in [0.15, 0.2) is 5.82 Å². The van der Waals surface area contributed by atoms with Gasteiger partial charge in [0.2, 0.25) is 0 Å². The average molecular weight is 250 g/mol. The van der Waals surface area contributed by atoms with E-state index in [1.807, 2.05) is 6.07 Å². The maximum atomic E-state index is 5.84. The monoisotopic (exact) mass is 250 g/mol. The predicted molar refractivity (Wildman–Crippen MR) is 72.4 cm³/mol. The molecule has 0 aromatic carbocycles. The maximum absolute atomic E-state index is 5.84. The highest BCUT2D eigenvalue weighted by Gasteiger charge is 2.24. The minimum absolute atomic E-state index is 0.399. The van der Waals surface area contributed by atoms with Crippen LogP contribution < -0.4 is 10.6 Å². The van der Waals surface area contributed by atoms with Gasteiger partial charge in [-0.05, 0) is 25.7 Å². The molecule has 1 aliphatic rings. The highest BCUT2D eigenvalue weighted by Crippen LogP contribution is 2.26. The molecule has 2 unspecified atom stereocenters. The van der Waals surface area contributed by atoms with Crippen LogP contribution in [0.1, 0.15) is 32.5 Å². The van der Waals surface area contributed by atoms with Crippen molar-refractivity contribution in [1.29, 1.82) is 0 Å². The van der Waals surface area contributed by atoms with Crippen LogP contribution in [0.5, 0.6) is 0 Å². The molecular formula is C13H22N4O. The molecule has 1 fully saturated rings. The van der Waals surface area contributed by atoms with Crippen molar-refractivity contribution in [2.75, 3.05) is 24.3 Å². The number of methoxy groups -OCH3 is 1. The van der Waals surface area contributed by atoms with Crippen molar-refractivity contribution in [3.05, 3.63) is 11.9 Å². The normalized spacial score (nSPS) is 24.3. The molecule has 0 bridgehead atoms. The zero-order valence-corrected chi connectivity index (χ0v) is 11.4. The van der Waals surface area contributed by atoms with Gasteiger partial charge in [-0.25, -0.2) is 9.97 Å². The van der Waals surface area contributed by atoms with Crippen molar-refractivity contribution in [1.82, 2.24) is 9.97 Å². The third-order valence-corrected chi connectivity index (χ3v) is 3.46. The Labute approximate surface area is 108 Å². The summed E-state index contributed by atoms with van der Waals surface area (Å²) in [5.74, 6) is 2.78. The molecule has 0 saturated carbocycles. The van der Waals surface area contributed by atoms with Gasteiger partial charge in [-0.15, -0.1) is 0 Å². The van der Waals surface area contributed by atoms with Crippen molar-refractivity contribution in [3.63, 3.8) is 0 Å². The van der Waals surface area contributed by atoms with Crippen molar-refractivity contribution < 1.29 is 4.74 Å². The van der Waals surface area contributed by atoms with Crippen LogP contribution in [0.15, 0.2) is 6.07 Å². The Morgan fingerprint density at radius 1 is 1.39 bits per heavy atom. The first-order valence-corrected chi connectivity index (χ1v) is 6.49. The average Bonchev–Trinajstić information content (AvgIpc) is 2.32. The van der Waals surface area contributed by atoms with Crippen molar-refractivity contribution in [2.45, 2.75) is 39.3 Å². The Kier molecular flexibility index (Phi) is 4.01.